The Labute approximate surface area is 138 Å². The minimum atomic E-state index is -1.01. The van der Waals surface area contributed by atoms with Crippen LogP contribution in [-0.2, 0) is 17.8 Å². The third kappa shape index (κ3) is 2.81. The number of aliphatic carboxylic acids is 1. The van der Waals surface area contributed by atoms with E-state index in [4.69, 9.17) is 5.11 Å². The van der Waals surface area contributed by atoms with Crippen LogP contribution in [0.1, 0.15) is 35.6 Å². The number of carboxylic acids is 1. The van der Waals surface area contributed by atoms with Gasteiger partial charge in [-0.3, -0.25) is 10.4 Å². The maximum atomic E-state index is 10.9. The Morgan fingerprint density at radius 2 is 2.21 bits per heavy atom. The van der Waals surface area contributed by atoms with Crippen molar-refractivity contribution in [3.63, 3.8) is 0 Å². The van der Waals surface area contributed by atoms with Crippen LogP contribution in [0.2, 0.25) is 0 Å². The Morgan fingerprint density at radius 1 is 1.38 bits per heavy atom. The van der Waals surface area contributed by atoms with Crippen LogP contribution in [0.15, 0.2) is 30.4 Å². The van der Waals surface area contributed by atoms with Crippen LogP contribution in [-0.4, -0.2) is 37.2 Å². The molecule has 8 nitrogen and oxygen atoms in total. The summed E-state index contributed by atoms with van der Waals surface area (Å²) in [6, 6.07) is 2.15. The van der Waals surface area contributed by atoms with Gasteiger partial charge in [-0.15, -0.1) is 5.53 Å². The third-order valence-electron chi connectivity index (χ3n) is 4.31. The molecule has 1 aliphatic carbocycles. The topological polar surface area (TPSA) is 102 Å². The number of aliphatic hydroxyl groups is 1. The van der Waals surface area contributed by atoms with Crippen LogP contribution in [0, 0.1) is 0 Å². The van der Waals surface area contributed by atoms with Crippen molar-refractivity contribution in [1.82, 2.24) is 25.4 Å². The molecule has 8 heteroatoms. The van der Waals surface area contributed by atoms with Crippen molar-refractivity contribution in [1.29, 1.82) is 0 Å². The second-order valence-electron chi connectivity index (χ2n) is 6.22. The van der Waals surface area contributed by atoms with E-state index in [-0.39, 0.29) is 12.3 Å². The number of nitrogens with zero attached hydrogens (tertiary/aromatic N) is 3. The fourth-order valence-corrected chi connectivity index (χ4v) is 2.99. The van der Waals surface area contributed by atoms with Crippen LogP contribution in [0.4, 0.5) is 0 Å². The van der Waals surface area contributed by atoms with Crippen molar-refractivity contribution in [2.45, 2.75) is 31.7 Å². The SMILES string of the molecule is O=C(O)C1=CN(Cc2cn3cc(C4CC4)cc(CCO)c3n2)NN1. The first-order valence-corrected chi connectivity index (χ1v) is 7.98. The number of nitrogens with one attached hydrogen (secondary N) is 2. The highest BCUT2D eigenvalue weighted by Crippen LogP contribution is 2.40. The molecule has 0 saturated heterocycles. The molecule has 1 aliphatic heterocycles. The standard InChI is InChI=1S/C16H19N5O3/c22-4-3-11-5-12(10-1-2-10)6-20-7-13(17-15(11)20)8-21-9-14(16(23)24)18-19-21/h5-7,9-10,18-19,22H,1-4,8H2,(H,23,24). The Bertz CT molecular complexity index is 824. The van der Waals surface area contributed by atoms with Gasteiger partial charge in [0, 0.05) is 19.0 Å². The summed E-state index contributed by atoms with van der Waals surface area (Å²) in [5.74, 6) is -0.387. The number of carbonyl (C=O) groups is 1. The monoisotopic (exact) mass is 329 g/mol. The van der Waals surface area contributed by atoms with Gasteiger partial charge in [0.15, 0.2) is 5.70 Å². The summed E-state index contributed by atoms with van der Waals surface area (Å²) in [6.07, 6.45) is 8.58. The molecule has 1 fully saturated rings. The molecule has 2 aromatic heterocycles. The maximum Gasteiger partial charge on any atom is 0.354 e. The highest BCUT2D eigenvalue weighted by atomic mass is 16.4. The Kier molecular flexibility index (Phi) is 3.62. The van der Waals surface area contributed by atoms with Crippen molar-refractivity contribution in [3.05, 3.63) is 47.2 Å². The molecule has 0 radical (unpaired) electrons. The first-order chi connectivity index (χ1) is 11.6. The molecule has 0 aromatic carbocycles. The summed E-state index contributed by atoms with van der Waals surface area (Å²) >= 11 is 0. The van der Waals surface area contributed by atoms with Crippen molar-refractivity contribution < 1.29 is 15.0 Å². The van der Waals surface area contributed by atoms with Crippen LogP contribution in [0.25, 0.3) is 5.65 Å². The molecule has 0 spiro atoms. The van der Waals surface area contributed by atoms with E-state index in [0.29, 0.717) is 18.9 Å². The lowest BCUT2D eigenvalue weighted by Gasteiger charge is -2.12. The summed E-state index contributed by atoms with van der Waals surface area (Å²) in [7, 11) is 0. The average molecular weight is 329 g/mol. The average Bonchev–Trinajstić information content (AvgIpc) is 3.15. The quantitative estimate of drug-likeness (QED) is 0.612. The van der Waals surface area contributed by atoms with Gasteiger partial charge in [-0.1, -0.05) is 6.07 Å². The summed E-state index contributed by atoms with van der Waals surface area (Å²) in [5.41, 5.74) is 9.47. The van der Waals surface area contributed by atoms with Crippen molar-refractivity contribution in [3.8, 4) is 0 Å². The predicted molar refractivity (Wildman–Crippen MR) is 85.5 cm³/mol. The van der Waals surface area contributed by atoms with Crippen LogP contribution in [0.5, 0.6) is 0 Å². The van der Waals surface area contributed by atoms with Gasteiger partial charge in [0.25, 0.3) is 0 Å². The van der Waals surface area contributed by atoms with Crippen LogP contribution in [0.3, 0.4) is 0 Å². The zero-order chi connectivity index (χ0) is 16.7. The Hall–Kier alpha value is -2.58. The molecule has 4 N–H and O–H groups in total. The molecule has 24 heavy (non-hydrogen) atoms. The molecule has 2 aliphatic rings. The molecule has 2 aromatic rings. The van der Waals surface area contributed by atoms with E-state index in [9.17, 15) is 9.90 Å². The molecule has 1 saturated carbocycles. The molecule has 0 unspecified atom stereocenters. The minimum Gasteiger partial charge on any atom is -0.476 e. The van der Waals surface area contributed by atoms with E-state index in [1.54, 1.807) is 5.01 Å². The van der Waals surface area contributed by atoms with Gasteiger partial charge in [0.2, 0.25) is 0 Å². The third-order valence-corrected chi connectivity index (χ3v) is 4.31. The zero-order valence-corrected chi connectivity index (χ0v) is 13.1. The fraction of sp³-hybridized carbons (Fsp3) is 0.375. The molecular weight excluding hydrogens is 310 g/mol. The van der Waals surface area contributed by atoms with E-state index in [2.05, 4.69) is 28.2 Å². The number of hydrazine groups is 2. The molecule has 3 heterocycles. The van der Waals surface area contributed by atoms with E-state index in [0.717, 1.165) is 16.9 Å². The fourth-order valence-electron chi connectivity index (χ4n) is 2.99. The molecule has 126 valence electrons. The van der Waals surface area contributed by atoms with Gasteiger partial charge >= 0.3 is 5.97 Å². The molecule has 0 bridgehead atoms. The summed E-state index contributed by atoms with van der Waals surface area (Å²) < 4.78 is 2.01. The number of aliphatic hydroxyl groups excluding tert-OH is 1. The van der Waals surface area contributed by atoms with Crippen LogP contribution < -0.4 is 11.0 Å². The summed E-state index contributed by atoms with van der Waals surface area (Å²) in [5, 5.41) is 19.9. The van der Waals surface area contributed by atoms with E-state index < -0.39 is 5.97 Å². The number of hydrogen-bond acceptors (Lipinski definition) is 6. The number of hydrogen-bond donors (Lipinski definition) is 4. The number of rotatable bonds is 6. The first kappa shape index (κ1) is 15.0. The molecule has 0 amide bonds. The summed E-state index contributed by atoms with van der Waals surface area (Å²) in [6.45, 7) is 0.525. The number of imidazole rings is 1. The Morgan fingerprint density at radius 3 is 2.88 bits per heavy atom. The maximum absolute atomic E-state index is 10.9. The van der Waals surface area contributed by atoms with E-state index >= 15 is 0 Å². The van der Waals surface area contributed by atoms with Gasteiger partial charge in [-0.2, -0.15) is 0 Å². The van der Waals surface area contributed by atoms with Crippen molar-refractivity contribution in [2.75, 3.05) is 6.61 Å². The molecule has 4 rings (SSSR count). The number of carboxylic acid groups (broad SMARTS) is 1. The van der Waals surface area contributed by atoms with E-state index in [1.807, 2.05) is 10.6 Å². The second kappa shape index (κ2) is 5.81. The van der Waals surface area contributed by atoms with Gasteiger partial charge in [-0.25, -0.2) is 9.78 Å². The normalized spacial score (nSPS) is 17.2. The lowest BCUT2D eigenvalue weighted by atomic mass is 10.1. The highest BCUT2D eigenvalue weighted by molar-refractivity contribution is 5.85. The van der Waals surface area contributed by atoms with E-state index in [1.165, 1.54) is 24.6 Å². The van der Waals surface area contributed by atoms with Crippen LogP contribution >= 0.6 is 0 Å². The van der Waals surface area contributed by atoms with Gasteiger partial charge in [0.05, 0.1) is 18.4 Å². The van der Waals surface area contributed by atoms with Crippen molar-refractivity contribution in [2.24, 2.45) is 0 Å². The molecular formula is C16H19N5O3. The highest BCUT2D eigenvalue weighted by Gasteiger charge is 2.25. The van der Waals surface area contributed by atoms with Gasteiger partial charge in [-0.05, 0) is 36.3 Å². The second-order valence-corrected chi connectivity index (χ2v) is 6.22. The smallest absolute Gasteiger partial charge is 0.354 e. The lowest BCUT2D eigenvalue weighted by molar-refractivity contribution is -0.133. The Balaban J connectivity index is 1.62. The number of aromatic nitrogens is 2. The molecule has 0 atom stereocenters. The number of fused-ring (bicyclic) bond motifs is 1. The first-order valence-electron chi connectivity index (χ1n) is 7.98. The minimum absolute atomic E-state index is 0.0916. The van der Waals surface area contributed by atoms with Gasteiger partial charge in [0.1, 0.15) is 5.65 Å². The summed E-state index contributed by atoms with van der Waals surface area (Å²) in [4.78, 5) is 15.6. The van der Waals surface area contributed by atoms with Crippen molar-refractivity contribution >= 4 is 11.6 Å². The predicted octanol–water partition coefficient (Wildman–Crippen LogP) is 0.497. The zero-order valence-electron chi connectivity index (χ0n) is 13.1. The van der Waals surface area contributed by atoms with Gasteiger partial charge < -0.3 is 14.6 Å². The lowest BCUT2D eigenvalue weighted by Crippen LogP contribution is -2.36. The number of pyridine rings is 1. The largest absolute Gasteiger partial charge is 0.476 e.